The Hall–Kier alpha value is -0.330. The van der Waals surface area contributed by atoms with Crippen LogP contribution in [0.25, 0.3) is 0 Å². The lowest BCUT2D eigenvalue weighted by molar-refractivity contribution is 1.02. The van der Waals surface area contributed by atoms with Gasteiger partial charge >= 0.3 is 0 Å². The van der Waals surface area contributed by atoms with Crippen molar-refractivity contribution < 1.29 is 0 Å². The summed E-state index contributed by atoms with van der Waals surface area (Å²) in [5.74, 6) is 1.50. The zero-order valence-electron chi connectivity index (χ0n) is 9.15. The van der Waals surface area contributed by atoms with Crippen LogP contribution in [0.1, 0.15) is 11.4 Å². The number of hydrogen-bond donors (Lipinski definition) is 0. The van der Waals surface area contributed by atoms with E-state index in [0.29, 0.717) is 5.15 Å². The lowest BCUT2D eigenvalue weighted by Crippen LogP contribution is -1.94. The third kappa shape index (κ3) is 3.56. The minimum atomic E-state index is 0.529. The van der Waals surface area contributed by atoms with Crippen molar-refractivity contribution in [2.45, 2.75) is 17.6 Å². The first-order valence-corrected chi connectivity index (χ1v) is 7.46. The standard InChI is InChI=1S/C12H10ClIN2S/c1-8-4-2-3-5-10(8)17-7-11-15-6-9(14)12(13)16-11/h2-6H,7H2,1H3. The lowest BCUT2D eigenvalue weighted by atomic mass is 10.2. The molecule has 5 heteroatoms. The van der Waals surface area contributed by atoms with E-state index < -0.39 is 0 Å². The summed E-state index contributed by atoms with van der Waals surface area (Å²) in [6, 6.07) is 8.28. The molecule has 0 atom stereocenters. The van der Waals surface area contributed by atoms with Crippen molar-refractivity contribution in [3.05, 3.63) is 50.6 Å². The minimum absolute atomic E-state index is 0.529. The molecule has 0 aliphatic rings. The predicted molar refractivity (Wildman–Crippen MR) is 80.5 cm³/mol. The van der Waals surface area contributed by atoms with E-state index in [1.54, 1.807) is 18.0 Å². The van der Waals surface area contributed by atoms with Crippen LogP contribution in [-0.2, 0) is 5.75 Å². The molecule has 2 nitrogen and oxygen atoms in total. The molecule has 0 aliphatic heterocycles. The Kier molecular flexibility index (Phi) is 4.64. The second-order valence-corrected chi connectivity index (χ2v) is 6.02. The highest BCUT2D eigenvalue weighted by molar-refractivity contribution is 14.1. The van der Waals surface area contributed by atoms with E-state index in [2.05, 4.69) is 51.6 Å². The van der Waals surface area contributed by atoms with Gasteiger partial charge in [0, 0.05) is 11.1 Å². The van der Waals surface area contributed by atoms with Gasteiger partial charge in [0.1, 0.15) is 11.0 Å². The first-order chi connectivity index (χ1) is 8.16. The second-order valence-electron chi connectivity index (χ2n) is 3.48. The molecule has 1 aromatic heterocycles. The highest BCUT2D eigenvalue weighted by Crippen LogP contribution is 2.25. The first kappa shape index (κ1) is 13.1. The molecule has 0 saturated heterocycles. The normalized spacial score (nSPS) is 10.5. The molecule has 0 amide bonds. The molecule has 1 heterocycles. The summed E-state index contributed by atoms with van der Waals surface area (Å²) >= 11 is 9.81. The molecule has 88 valence electrons. The molecule has 0 saturated carbocycles. The number of aromatic nitrogens is 2. The Labute approximate surface area is 123 Å². The van der Waals surface area contributed by atoms with Crippen LogP contribution in [0, 0.1) is 10.5 Å². The molecule has 0 bridgehead atoms. The van der Waals surface area contributed by atoms with E-state index in [4.69, 9.17) is 11.6 Å². The van der Waals surface area contributed by atoms with Gasteiger partial charge in [0.2, 0.25) is 0 Å². The Morgan fingerprint density at radius 1 is 1.35 bits per heavy atom. The second kappa shape index (κ2) is 6.02. The van der Waals surface area contributed by atoms with Gasteiger partial charge in [0.25, 0.3) is 0 Å². The van der Waals surface area contributed by atoms with Crippen molar-refractivity contribution in [2.24, 2.45) is 0 Å². The van der Waals surface area contributed by atoms with Crippen LogP contribution in [0.4, 0.5) is 0 Å². The lowest BCUT2D eigenvalue weighted by Gasteiger charge is -2.04. The zero-order chi connectivity index (χ0) is 12.3. The summed E-state index contributed by atoms with van der Waals surface area (Å²) < 4.78 is 0.883. The maximum atomic E-state index is 5.96. The van der Waals surface area contributed by atoms with Gasteiger partial charge in [-0.3, -0.25) is 0 Å². The molecule has 2 rings (SSSR count). The maximum Gasteiger partial charge on any atom is 0.146 e. The molecular formula is C12H10ClIN2S. The number of thioether (sulfide) groups is 1. The monoisotopic (exact) mass is 376 g/mol. The van der Waals surface area contributed by atoms with Crippen molar-refractivity contribution >= 4 is 46.0 Å². The molecule has 0 radical (unpaired) electrons. The van der Waals surface area contributed by atoms with Crippen LogP contribution < -0.4 is 0 Å². The van der Waals surface area contributed by atoms with E-state index in [1.165, 1.54) is 10.5 Å². The molecule has 1 aromatic carbocycles. The van der Waals surface area contributed by atoms with Crippen molar-refractivity contribution in [3.63, 3.8) is 0 Å². The van der Waals surface area contributed by atoms with Gasteiger partial charge in [-0.05, 0) is 41.1 Å². The highest BCUT2D eigenvalue weighted by Gasteiger charge is 2.04. The fraction of sp³-hybridized carbons (Fsp3) is 0.167. The van der Waals surface area contributed by atoms with Crippen molar-refractivity contribution in [3.8, 4) is 0 Å². The number of halogens is 2. The molecule has 0 fully saturated rings. The summed E-state index contributed by atoms with van der Waals surface area (Å²) in [6.45, 7) is 2.10. The minimum Gasteiger partial charge on any atom is -0.239 e. The van der Waals surface area contributed by atoms with Gasteiger partial charge < -0.3 is 0 Å². The van der Waals surface area contributed by atoms with Crippen molar-refractivity contribution in [2.75, 3.05) is 0 Å². The number of rotatable bonds is 3. The quantitative estimate of drug-likeness (QED) is 0.453. The van der Waals surface area contributed by atoms with Crippen molar-refractivity contribution in [1.82, 2.24) is 9.97 Å². The average Bonchev–Trinajstić information content (AvgIpc) is 2.32. The topological polar surface area (TPSA) is 25.8 Å². The summed E-state index contributed by atoms with van der Waals surface area (Å²) in [5, 5.41) is 0.529. The van der Waals surface area contributed by atoms with Crippen LogP contribution in [0.15, 0.2) is 35.4 Å². The first-order valence-electron chi connectivity index (χ1n) is 5.02. The van der Waals surface area contributed by atoms with E-state index in [9.17, 15) is 0 Å². The van der Waals surface area contributed by atoms with Gasteiger partial charge in [-0.2, -0.15) is 0 Å². The predicted octanol–water partition coefficient (Wildman–Crippen LogP) is 4.34. The number of nitrogens with zero attached hydrogens (tertiary/aromatic N) is 2. The summed E-state index contributed by atoms with van der Waals surface area (Å²) in [4.78, 5) is 9.76. The smallest absolute Gasteiger partial charge is 0.146 e. The molecule has 2 aromatic rings. The van der Waals surface area contributed by atoms with Gasteiger partial charge in [0.15, 0.2) is 0 Å². The van der Waals surface area contributed by atoms with Crippen molar-refractivity contribution in [1.29, 1.82) is 0 Å². The Balaban J connectivity index is 2.08. The van der Waals surface area contributed by atoms with Crippen LogP contribution >= 0.6 is 46.0 Å². The average molecular weight is 377 g/mol. The van der Waals surface area contributed by atoms with Crippen LogP contribution in [0.2, 0.25) is 5.15 Å². The van der Waals surface area contributed by atoms with Gasteiger partial charge in [0.05, 0.1) is 9.32 Å². The third-order valence-electron chi connectivity index (χ3n) is 2.20. The molecule has 17 heavy (non-hydrogen) atoms. The van der Waals surface area contributed by atoms with Crippen LogP contribution in [0.5, 0.6) is 0 Å². The summed E-state index contributed by atoms with van der Waals surface area (Å²) in [6.07, 6.45) is 1.75. The maximum absolute atomic E-state index is 5.96. The number of hydrogen-bond acceptors (Lipinski definition) is 3. The SMILES string of the molecule is Cc1ccccc1SCc1ncc(I)c(Cl)n1. The van der Waals surface area contributed by atoms with Crippen LogP contribution in [-0.4, -0.2) is 9.97 Å². The summed E-state index contributed by atoms with van der Waals surface area (Å²) in [5.41, 5.74) is 1.27. The third-order valence-corrected chi connectivity index (χ3v) is 4.77. The Bertz CT molecular complexity index is 534. The molecule has 0 unspecified atom stereocenters. The Morgan fingerprint density at radius 2 is 2.12 bits per heavy atom. The number of aryl methyl sites for hydroxylation is 1. The van der Waals surface area contributed by atoms with E-state index in [1.807, 2.05) is 12.1 Å². The fourth-order valence-electron chi connectivity index (χ4n) is 1.31. The fourth-order valence-corrected chi connectivity index (χ4v) is 2.61. The van der Waals surface area contributed by atoms with Gasteiger partial charge in [-0.1, -0.05) is 29.8 Å². The summed E-state index contributed by atoms with van der Waals surface area (Å²) in [7, 11) is 0. The number of benzene rings is 1. The van der Waals surface area contributed by atoms with E-state index in [-0.39, 0.29) is 0 Å². The van der Waals surface area contributed by atoms with E-state index >= 15 is 0 Å². The molecular weight excluding hydrogens is 367 g/mol. The van der Waals surface area contributed by atoms with Gasteiger partial charge in [-0.25, -0.2) is 9.97 Å². The van der Waals surface area contributed by atoms with E-state index in [0.717, 1.165) is 15.1 Å². The largest absolute Gasteiger partial charge is 0.239 e. The Morgan fingerprint density at radius 3 is 2.82 bits per heavy atom. The molecule has 0 spiro atoms. The molecule has 0 aliphatic carbocycles. The van der Waals surface area contributed by atoms with Gasteiger partial charge in [-0.15, -0.1) is 11.8 Å². The molecule has 0 N–H and O–H groups in total. The zero-order valence-corrected chi connectivity index (χ0v) is 12.9. The highest BCUT2D eigenvalue weighted by atomic mass is 127. The van der Waals surface area contributed by atoms with Crippen LogP contribution in [0.3, 0.4) is 0 Å².